The largest absolute Gasteiger partial charge is 0.493 e. The number of hydrogen-bond donors (Lipinski definition) is 1. The molecule has 0 radical (unpaired) electrons. The number of benzene rings is 2. The Labute approximate surface area is 142 Å². The zero-order valence-electron chi connectivity index (χ0n) is 14.3. The van der Waals surface area contributed by atoms with E-state index in [1.807, 2.05) is 31.2 Å². The van der Waals surface area contributed by atoms with Gasteiger partial charge >= 0.3 is 0 Å². The van der Waals surface area contributed by atoms with Crippen molar-refractivity contribution in [3.05, 3.63) is 59.2 Å². The first-order chi connectivity index (χ1) is 11.7. The number of hydrogen-bond acceptors (Lipinski definition) is 4. The molecule has 0 heterocycles. The van der Waals surface area contributed by atoms with Gasteiger partial charge in [0.2, 0.25) is 0 Å². The lowest BCUT2D eigenvalue weighted by Gasteiger charge is -2.12. The molecule has 0 aliphatic carbocycles. The van der Waals surface area contributed by atoms with Crippen LogP contribution in [0.1, 0.15) is 28.4 Å². The highest BCUT2D eigenvalue weighted by molar-refractivity contribution is 5.97. The fraction of sp³-hybridized carbons (Fsp3) is 0.316. The molecule has 24 heavy (non-hydrogen) atoms. The van der Waals surface area contributed by atoms with Crippen LogP contribution in [0, 0.1) is 0 Å². The Bertz CT molecular complexity index is 668. The third kappa shape index (κ3) is 4.49. The predicted molar refractivity (Wildman–Crippen MR) is 92.5 cm³/mol. The van der Waals surface area contributed by atoms with Gasteiger partial charge in [-0.25, -0.2) is 0 Å². The molecule has 0 aliphatic rings. The van der Waals surface area contributed by atoms with Crippen molar-refractivity contribution in [3.63, 3.8) is 0 Å². The van der Waals surface area contributed by atoms with Crippen LogP contribution in [0.5, 0.6) is 11.5 Å². The molecular formula is C19H23NO4. The first kappa shape index (κ1) is 17.8. The molecule has 0 saturated heterocycles. The number of amides is 1. The Morgan fingerprint density at radius 1 is 1.00 bits per heavy atom. The van der Waals surface area contributed by atoms with Crippen LogP contribution in [-0.4, -0.2) is 26.7 Å². The van der Waals surface area contributed by atoms with Gasteiger partial charge in [-0.1, -0.05) is 30.3 Å². The number of carbonyl (C=O) groups is 1. The quantitative estimate of drug-likeness (QED) is 0.808. The van der Waals surface area contributed by atoms with Crippen molar-refractivity contribution in [2.75, 3.05) is 20.8 Å². The molecule has 128 valence electrons. The fourth-order valence-corrected chi connectivity index (χ4v) is 2.32. The third-order valence-electron chi connectivity index (χ3n) is 3.60. The van der Waals surface area contributed by atoms with Gasteiger partial charge in [-0.2, -0.15) is 0 Å². The minimum absolute atomic E-state index is 0.204. The van der Waals surface area contributed by atoms with Crippen molar-refractivity contribution in [3.8, 4) is 11.5 Å². The maximum Gasteiger partial charge on any atom is 0.255 e. The van der Waals surface area contributed by atoms with E-state index in [2.05, 4.69) is 5.32 Å². The Hall–Kier alpha value is -2.53. The van der Waals surface area contributed by atoms with Crippen LogP contribution in [0.25, 0.3) is 0 Å². The summed E-state index contributed by atoms with van der Waals surface area (Å²) in [4.78, 5) is 12.4. The maximum absolute atomic E-state index is 12.4. The van der Waals surface area contributed by atoms with Gasteiger partial charge in [0.05, 0.1) is 26.4 Å². The van der Waals surface area contributed by atoms with Gasteiger partial charge in [0.15, 0.2) is 11.5 Å². The van der Waals surface area contributed by atoms with E-state index in [-0.39, 0.29) is 5.91 Å². The molecule has 0 atom stereocenters. The smallest absolute Gasteiger partial charge is 0.255 e. The van der Waals surface area contributed by atoms with Crippen LogP contribution >= 0.6 is 0 Å². The molecule has 5 nitrogen and oxygen atoms in total. The van der Waals surface area contributed by atoms with Crippen LogP contribution < -0.4 is 14.8 Å². The van der Waals surface area contributed by atoms with Crippen molar-refractivity contribution >= 4 is 5.91 Å². The molecule has 0 saturated carbocycles. The molecule has 2 rings (SSSR count). The summed E-state index contributed by atoms with van der Waals surface area (Å²) in [6.07, 6.45) is 0. The third-order valence-corrected chi connectivity index (χ3v) is 3.60. The molecule has 0 unspecified atom stereocenters. The van der Waals surface area contributed by atoms with Crippen LogP contribution in [0.15, 0.2) is 42.5 Å². The normalized spacial score (nSPS) is 10.3. The molecule has 0 fully saturated rings. The van der Waals surface area contributed by atoms with Crippen molar-refractivity contribution in [1.29, 1.82) is 0 Å². The van der Waals surface area contributed by atoms with Crippen LogP contribution in [0.3, 0.4) is 0 Å². The standard InChI is InChI=1S/C19H23NO4/c1-4-24-13-15-10-8-14(9-11-15)12-20-19(21)16-6-5-7-17(22-2)18(16)23-3/h5-11H,4,12-13H2,1-3H3,(H,20,21). The van der Waals surface area contributed by atoms with Crippen LogP contribution in [0.4, 0.5) is 0 Å². The highest BCUT2D eigenvalue weighted by atomic mass is 16.5. The van der Waals surface area contributed by atoms with E-state index >= 15 is 0 Å². The summed E-state index contributed by atoms with van der Waals surface area (Å²) >= 11 is 0. The van der Waals surface area contributed by atoms with Gasteiger partial charge in [0.1, 0.15) is 0 Å². The van der Waals surface area contributed by atoms with Crippen molar-refractivity contribution < 1.29 is 19.0 Å². The molecule has 2 aromatic rings. The summed E-state index contributed by atoms with van der Waals surface area (Å²) in [5.41, 5.74) is 2.58. The number of rotatable bonds is 8. The second-order valence-corrected chi connectivity index (χ2v) is 5.18. The van der Waals surface area contributed by atoms with E-state index in [4.69, 9.17) is 14.2 Å². The van der Waals surface area contributed by atoms with E-state index in [1.54, 1.807) is 25.3 Å². The van der Waals surface area contributed by atoms with Gasteiger partial charge in [0, 0.05) is 13.2 Å². The second-order valence-electron chi connectivity index (χ2n) is 5.18. The van der Waals surface area contributed by atoms with Crippen molar-refractivity contribution in [2.24, 2.45) is 0 Å². The molecular weight excluding hydrogens is 306 g/mol. The van der Waals surface area contributed by atoms with E-state index in [0.29, 0.717) is 36.8 Å². The Morgan fingerprint density at radius 3 is 2.33 bits per heavy atom. The highest BCUT2D eigenvalue weighted by Crippen LogP contribution is 2.30. The van der Waals surface area contributed by atoms with E-state index in [9.17, 15) is 4.79 Å². The van der Waals surface area contributed by atoms with E-state index < -0.39 is 0 Å². The van der Waals surface area contributed by atoms with Crippen molar-refractivity contribution in [2.45, 2.75) is 20.1 Å². The first-order valence-electron chi connectivity index (χ1n) is 7.84. The van der Waals surface area contributed by atoms with Gasteiger partial charge in [-0.05, 0) is 30.2 Å². The summed E-state index contributed by atoms with van der Waals surface area (Å²) in [6, 6.07) is 13.2. The predicted octanol–water partition coefficient (Wildman–Crippen LogP) is 3.17. The minimum Gasteiger partial charge on any atom is -0.493 e. The topological polar surface area (TPSA) is 56.8 Å². The molecule has 0 aromatic heterocycles. The van der Waals surface area contributed by atoms with E-state index in [0.717, 1.165) is 11.1 Å². The molecule has 5 heteroatoms. The first-order valence-corrected chi connectivity index (χ1v) is 7.84. The summed E-state index contributed by atoms with van der Waals surface area (Å²) in [5.74, 6) is 0.763. The number of methoxy groups -OCH3 is 2. The summed E-state index contributed by atoms with van der Waals surface area (Å²) < 4.78 is 15.9. The number of carbonyl (C=O) groups excluding carboxylic acids is 1. The molecule has 0 aliphatic heterocycles. The Morgan fingerprint density at radius 2 is 1.71 bits per heavy atom. The van der Waals surface area contributed by atoms with Crippen LogP contribution in [0.2, 0.25) is 0 Å². The average Bonchev–Trinajstić information content (AvgIpc) is 2.64. The number of ether oxygens (including phenoxy) is 3. The molecule has 1 N–H and O–H groups in total. The summed E-state index contributed by atoms with van der Waals surface area (Å²) in [7, 11) is 3.06. The summed E-state index contributed by atoms with van der Waals surface area (Å²) in [5, 5.41) is 2.90. The fourth-order valence-electron chi connectivity index (χ4n) is 2.32. The lowest BCUT2D eigenvalue weighted by Crippen LogP contribution is -2.23. The zero-order valence-corrected chi connectivity index (χ0v) is 14.3. The molecule has 1 amide bonds. The summed E-state index contributed by atoms with van der Waals surface area (Å²) in [6.45, 7) is 3.70. The maximum atomic E-state index is 12.4. The lowest BCUT2D eigenvalue weighted by atomic mass is 10.1. The van der Waals surface area contributed by atoms with E-state index in [1.165, 1.54) is 7.11 Å². The van der Waals surface area contributed by atoms with Gasteiger partial charge < -0.3 is 19.5 Å². The van der Waals surface area contributed by atoms with Gasteiger partial charge in [0.25, 0.3) is 5.91 Å². The average molecular weight is 329 g/mol. The van der Waals surface area contributed by atoms with Crippen molar-refractivity contribution in [1.82, 2.24) is 5.32 Å². The molecule has 2 aromatic carbocycles. The second kappa shape index (κ2) is 8.93. The van der Waals surface area contributed by atoms with Gasteiger partial charge in [-0.15, -0.1) is 0 Å². The van der Waals surface area contributed by atoms with Crippen LogP contribution in [-0.2, 0) is 17.9 Å². The lowest BCUT2D eigenvalue weighted by molar-refractivity contribution is 0.0947. The highest BCUT2D eigenvalue weighted by Gasteiger charge is 2.15. The zero-order chi connectivity index (χ0) is 17.4. The molecule has 0 spiro atoms. The Kier molecular flexibility index (Phi) is 6.63. The number of para-hydroxylation sites is 1. The minimum atomic E-state index is -0.204. The monoisotopic (exact) mass is 329 g/mol. The SMILES string of the molecule is CCOCc1ccc(CNC(=O)c2cccc(OC)c2OC)cc1. The van der Waals surface area contributed by atoms with Gasteiger partial charge in [-0.3, -0.25) is 4.79 Å². The number of nitrogens with one attached hydrogen (secondary N) is 1. The molecule has 0 bridgehead atoms. The Balaban J connectivity index is 2.00.